The first kappa shape index (κ1) is 17.5. The van der Waals surface area contributed by atoms with Gasteiger partial charge in [0.2, 0.25) is 10.0 Å². The Morgan fingerprint density at radius 1 is 1.35 bits per heavy atom. The summed E-state index contributed by atoms with van der Waals surface area (Å²) in [6.07, 6.45) is 1.97. The zero-order valence-corrected chi connectivity index (χ0v) is 14.2. The topological polar surface area (TPSA) is 58.2 Å². The van der Waals surface area contributed by atoms with E-state index in [2.05, 4.69) is 10.0 Å². The standard InChI is InChI=1S/C14H24N2O2S2/c1-5-15-9-13-7-6-8-14(12(13)3)20(17,18)16-11(2)10-19-4/h6-8,11,15-16H,5,9-10H2,1-4H3. The van der Waals surface area contributed by atoms with Crippen molar-refractivity contribution in [3.05, 3.63) is 29.3 Å². The number of sulfonamides is 1. The van der Waals surface area contributed by atoms with Crippen molar-refractivity contribution in [1.82, 2.24) is 10.0 Å². The minimum atomic E-state index is -3.45. The van der Waals surface area contributed by atoms with E-state index in [-0.39, 0.29) is 6.04 Å². The molecule has 1 rings (SSSR count). The average molecular weight is 316 g/mol. The third-order valence-electron chi connectivity index (χ3n) is 3.02. The van der Waals surface area contributed by atoms with Crippen LogP contribution < -0.4 is 10.0 Å². The maximum atomic E-state index is 12.4. The highest BCUT2D eigenvalue weighted by molar-refractivity contribution is 7.98. The summed E-state index contributed by atoms with van der Waals surface area (Å²) < 4.78 is 27.6. The minimum absolute atomic E-state index is 0.0770. The largest absolute Gasteiger partial charge is 0.313 e. The van der Waals surface area contributed by atoms with Crippen LogP contribution in [0.15, 0.2) is 23.1 Å². The number of rotatable bonds is 8. The Morgan fingerprint density at radius 2 is 2.05 bits per heavy atom. The van der Waals surface area contributed by atoms with Gasteiger partial charge in [-0.3, -0.25) is 0 Å². The molecule has 0 aliphatic heterocycles. The van der Waals surface area contributed by atoms with Crippen LogP contribution in [0.4, 0.5) is 0 Å². The molecule has 0 amide bonds. The Morgan fingerprint density at radius 3 is 2.65 bits per heavy atom. The lowest BCUT2D eigenvalue weighted by molar-refractivity contribution is 0.570. The van der Waals surface area contributed by atoms with E-state index in [1.54, 1.807) is 23.9 Å². The Labute approximate surface area is 126 Å². The highest BCUT2D eigenvalue weighted by Crippen LogP contribution is 2.19. The molecule has 20 heavy (non-hydrogen) atoms. The summed E-state index contributed by atoms with van der Waals surface area (Å²) in [4.78, 5) is 0.376. The van der Waals surface area contributed by atoms with E-state index in [0.29, 0.717) is 11.4 Å². The summed E-state index contributed by atoms with van der Waals surface area (Å²) in [6, 6.07) is 5.35. The smallest absolute Gasteiger partial charge is 0.241 e. The first-order valence-electron chi connectivity index (χ1n) is 6.72. The third-order valence-corrected chi connectivity index (χ3v) is 5.59. The first-order chi connectivity index (χ1) is 9.42. The first-order valence-corrected chi connectivity index (χ1v) is 9.60. The predicted octanol–water partition coefficient (Wildman–Crippen LogP) is 2.13. The van der Waals surface area contributed by atoms with E-state index in [0.717, 1.165) is 23.4 Å². The van der Waals surface area contributed by atoms with Gasteiger partial charge < -0.3 is 5.32 Å². The van der Waals surface area contributed by atoms with Crippen LogP contribution in [0.1, 0.15) is 25.0 Å². The predicted molar refractivity (Wildman–Crippen MR) is 86.7 cm³/mol. The van der Waals surface area contributed by atoms with Gasteiger partial charge in [0.05, 0.1) is 4.90 Å². The number of hydrogen-bond donors (Lipinski definition) is 2. The lowest BCUT2D eigenvalue weighted by atomic mass is 10.1. The Bertz CT molecular complexity index is 530. The van der Waals surface area contributed by atoms with E-state index in [1.807, 2.05) is 33.1 Å². The summed E-state index contributed by atoms with van der Waals surface area (Å²) in [7, 11) is -3.45. The molecule has 4 nitrogen and oxygen atoms in total. The lowest BCUT2D eigenvalue weighted by Crippen LogP contribution is -2.34. The van der Waals surface area contributed by atoms with Gasteiger partial charge in [-0.2, -0.15) is 11.8 Å². The molecule has 114 valence electrons. The molecule has 0 saturated heterocycles. The molecule has 1 atom stereocenters. The quantitative estimate of drug-likeness (QED) is 0.771. The van der Waals surface area contributed by atoms with Gasteiger partial charge in [-0.1, -0.05) is 19.1 Å². The number of thioether (sulfide) groups is 1. The van der Waals surface area contributed by atoms with Crippen molar-refractivity contribution in [3.8, 4) is 0 Å². The molecule has 1 aromatic carbocycles. The van der Waals surface area contributed by atoms with Crippen molar-refractivity contribution in [2.24, 2.45) is 0 Å². The van der Waals surface area contributed by atoms with Crippen LogP contribution in [0.5, 0.6) is 0 Å². The zero-order valence-electron chi connectivity index (χ0n) is 12.6. The second kappa shape index (κ2) is 8.02. The highest BCUT2D eigenvalue weighted by atomic mass is 32.2. The van der Waals surface area contributed by atoms with Gasteiger partial charge >= 0.3 is 0 Å². The second-order valence-electron chi connectivity index (χ2n) is 4.80. The molecule has 0 bridgehead atoms. The number of hydrogen-bond acceptors (Lipinski definition) is 4. The molecule has 0 aliphatic rings. The third kappa shape index (κ3) is 4.77. The van der Waals surface area contributed by atoms with E-state index in [4.69, 9.17) is 0 Å². The van der Waals surface area contributed by atoms with Gasteiger partial charge in [0.25, 0.3) is 0 Å². The lowest BCUT2D eigenvalue weighted by Gasteiger charge is -2.16. The van der Waals surface area contributed by atoms with Crippen LogP contribution in [0.2, 0.25) is 0 Å². The molecule has 0 fully saturated rings. The molecular formula is C14H24N2O2S2. The summed E-state index contributed by atoms with van der Waals surface area (Å²) in [5.41, 5.74) is 1.84. The summed E-state index contributed by atoms with van der Waals surface area (Å²) >= 11 is 1.63. The van der Waals surface area contributed by atoms with Gasteiger partial charge in [0, 0.05) is 18.3 Å². The fourth-order valence-corrected chi connectivity index (χ4v) is 4.24. The van der Waals surface area contributed by atoms with Crippen molar-refractivity contribution in [2.75, 3.05) is 18.6 Å². The fraction of sp³-hybridized carbons (Fsp3) is 0.571. The SMILES string of the molecule is CCNCc1cccc(S(=O)(=O)NC(C)CSC)c1C. The molecular weight excluding hydrogens is 292 g/mol. The van der Waals surface area contributed by atoms with Crippen LogP contribution in [0.3, 0.4) is 0 Å². The normalized spacial score (nSPS) is 13.4. The van der Waals surface area contributed by atoms with Crippen LogP contribution in [0, 0.1) is 6.92 Å². The van der Waals surface area contributed by atoms with E-state index < -0.39 is 10.0 Å². The van der Waals surface area contributed by atoms with E-state index in [1.165, 1.54) is 0 Å². The molecule has 1 aromatic rings. The second-order valence-corrected chi connectivity index (χ2v) is 7.39. The summed E-state index contributed by atoms with van der Waals surface area (Å²) in [5.74, 6) is 0.759. The zero-order chi connectivity index (χ0) is 15.2. The number of benzene rings is 1. The maximum Gasteiger partial charge on any atom is 0.241 e. The molecule has 6 heteroatoms. The molecule has 0 aliphatic carbocycles. The summed E-state index contributed by atoms with van der Waals surface area (Å²) in [5, 5.41) is 3.23. The Kier molecular flexibility index (Phi) is 7.02. The molecule has 0 radical (unpaired) electrons. The highest BCUT2D eigenvalue weighted by Gasteiger charge is 2.20. The Balaban J connectivity index is 3.00. The van der Waals surface area contributed by atoms with Gasteiger partial charge in [-0.25, -0.2) is 13.1 Å². The van der Waals surface area contributed by atoms with Crippen LogP contribution >= 0.6 is 11.8 Å². The van der Waals surface area contributed by atoms with Crippen LogP contribution in [0.25, 0.3) is 0 Å². The molecule has 0 aromatic heterocycles. The van der Waals surface area contributed by atoms with Crippen LogP contribution in [-0.2, 0) is 16.6 Å². The van der Waals surface area contributed by atoms with Gasteiger partial charge in [-0.05, 0) is 43.8 Å². The minimum Gasteiger partial charge on any atom is -0.313 e. The van der Waals surface area contributed by atoms with E-state index in [9.17, 15) is 8.42 Å². The Hall–Kier alpha value is -0.560. The van der Waals surface area contributed by atoms with Gasteiger partial charge in [0.15, 0.2) is 0 Å². The average Bonchev–Trinajstić information content (AvgIpc) is 2.37. The number of nitrogens with one attached hydrogen (secondary N) is 2. The van der Waals surface area contributed by atoms with Gasteiger partial charge in [0.1, 0.15) is 0 Å². The van der Waals surface area contributed by atoms with Crippen LogP contribution in [-0.4, -0.2) is 33.0 Å². The molecule has 0 heterocycles. The van der Waals surface area contributed by atoms with Crippen molar-refractivity contribution in [1.29, 1.82) is 0 Å². The fourth-order valence-electron chi connectivity index (χ4n) is 2.01. The molecule has 0 saturated carbocycles. The van der Waals surface area contributed by atoms with Crippen molar-refractivity contribution in [2.45, 2.75) is 38.3 Å². The molecule has 2 N–H and O–H groups in total. The van der Waals surface area contributed by atoms with Gasteiger partial charge in [-0.15, -0.1) is 0 Å². The molecule has 1 unspecified atom stereocenters. The summed E-state index contributed by atoms with van der Waals surface area (Å²) in [6.45, 7) is 7.32. The monoisotopic (exact) mass is 316 g/mol. The van der Waals surface area contributed by atoms with Crippen molar-refractivity contribution < 1.29 is 8.42 Å². The maximum absolute atomic E-state index is 12.4. The van der Waals surface area contributed by atoms with Crippen molar-refractivity contribution in [3.63, 3.8) is 0 Å². The van der Waals surface area contributed by atoms with E-state index >= 15 is 0 Å². The molecule has 0 spiro atoms. The van der Waals surface area contributed by atoms with Crippen molar-refractivity contribution >= 4 is 21.8 Å².